The molecule has 0 saturated carbocycles. The van der Waals surface area contributed by atoms with Gasteiger partial charge in [-0.25, -0.2) is 13.1 Å². The number of nitrogens with one attached hydrogen (secondary N) is 1. The number of pyridine rings is 1. The van der Waals surface area contributed by atoms with Crippen molar-refractivity contribution in [1.29, 1.82) is 0 Å². The Bertz CT molecular complexity index is 1630. The number of hydrogen-bond acceptors (Lipinski definition) is 7. The van der Waals surface area contributed by atoms with E-state index in [1.165, 1.54) is 23.3 Å². The Labute approximate surface area is 246 Å². The molecule has 1 aromatic heterocycles. The highest BCUT2D eigenvalue weighted by molar-refractivity contribution is 7.89. The van der Waals surface area contributed by atoms with Crippen molar-refractivity contribution in [1.82, 2.24) is 19.5 Å². The van der Waals surface area contributed by atoms with E-state index in [2.05, 4.69) is 45.8 Å². The summed E-state index contributed by atoms with van der Waals surface area (Å²) in [6, 6.07) is 23.4. The monoisotopic (exact) mass is 588 g/mol. The van der Waals surface area contributed by atoms with Crippen molar-refractivity contribution in [3.63, 3.8) is 0 Å². The molecule has 1 saturated heterocycles. The number of carboxylic acids is 1. The van der Waals surface area contributed by atoms with E-state index in [1.54, 1.807) is 12.1 Å². The lowest BCUT2D eigenvalue weighted by atomic mass is 10.1. The van der Waals surface area contributed by atoms with E-state index in [9.17, 15) is 18.3 Å². The first-order valence-electron chi connectivity index (χ1n) is 14.0. The van der Waals surface area contributed by atoms with E-state index < -0.39 is 22.0 Å². The average Bonchev–Trinajstić information content (AvgIpc) is 2.98. The summed E-state index contributed by atoms with van der Waals surface area (Å²) in [6.45, 7) is 7.39. The molecule has 0 bridgehead atoms. The number of benzene rings is 3. The smallest absolute Gasteiger partial charge is 0.322 e. The number of piperazine rings is 1. The number of aryl methyl sites for hydroxylation is 2. The molecule has 0 unspecified atom stereocenters. The molecule has 9 nitrogen and oxygen atoms in total. The predicted octanol–water partition coefficient (Wildman–Crippen LogP) is 3.98. The molecule has 5 rings (SSSR count). The van der Waals surface area contributed by atoms with Gasteiger partial charge in [-0.2, -0.15) is 0 Å². The zero-order chi connectivity index (χ0) is 29.7. The largest absolute Gasteiger partial charge is 0.489 e. The van der Waals surface area contributed by atoms with E-state index in [0.717, 1.165) is 28.7 Å². The van der Waals surface area contributed by atoms with Crippen molar-refractivity contribution in [2.45, 2.75) is 37.9 Å². The summed E-state index contributed by atoms with van der Waals surface area (Å²) in [6.07, 6.45) is 0. The van der Waals surface area contributed by atoms with Gasteiger partial charge in [0.05, 0.1) is 10.4 Å². The van der Waals surface area contributed by atoms with Crippen LogP contribution in [0.1, 0.15) is 22.4 Å². The third-order valence-electron chi connectivity index (χ3n) is 7.58. The van der Waals surface area contributed by atoms with Crippen LogP contribution < -0.4 is 9.46 Å². The summed E-state index contributed by atoms with van der Waals surface area (Å²) in [7, 11) is -3.92. The van der Waals surface area contributed by atoms with Crippen LogP contribution in [-0.4, -0.2) is 73.0 Å². The molecule has 1 aliphatic rings. The molecule has 0 aliphatic carbocycles. The lowest BCUT2D eigenvalue weighted by Gasteiger charge is -2.37. The van der Waals surface area contributed by atoms with Gasteiger partial charge < -0.3 is 9.84 Å². The number of hydrogen-bond donors (Lipinski definition) is 2. The third-order valence-corrected chi connectivity index (χ3v) is 9.02. The predicted molar refractivity (Wildman–Crippen MR) is 162 cm³/mol. The van der Waals surface area contributed by atoms with E-state index in [-0.39, 0.29) is 11.4 Å². The van der Waals surface area contributed by atoms with Gasteiger partial charge in [-0.3, -0.25) is 19.6 Å². The number of aliphatic carboxylic acids is 1. The number of aromatic nitrogens is 1. The van der Waals surface area contributed by atoms with Gasteiger partial charge in [0.25, 0.3) is 0 Å². The molecule has 1 fully saturated rings. The highest BCUT2D eigenvalue weighted by Crippen LogP contribution is 2.22. The van der Waals surface area contributed by atoms with Gasteiger partial charge in [0.1, 0.15) is 18.4 Å². The number of nitrogens with zero attached hydrogens (tertiary/aromatic N) is 3. The second-order valence-electron chi connectivity index (χ2n) is 10.7. The number of rotatable bonds is 11. The minimum atomic E-state index is -3.92. The summed E-state index contributed by atoms with van der Waals surface area (Å²) in [5, 5.41) is 10.9. The summed E-state index contributed by atoms with van der Waals surface area (Å²) in [5.41, 5.74) is 5.21. The van der Waals surface area contributed by atoms with Gasteiger partial charge in [0.15, 0.2) is 0 Å². The molecule has 1 aliphatic heterocycles. The van der Waals surface area contributed by atoms with Crippen LogP contribution in [0.2, 0.25) is 0 Å². The topological polar surface area (TPSA) is 112 Å². The maximum atomic E-state index is 13.0. The summed E-state index contributed by atoms with van der Waals surface area (Å²) >= 11 is 0. The normalized spacial score (nSPS) is 15.5. The molecule has 0 amide bonds. The number of carboxylic acid groups (broad SMARTS) is 1. The van der Waals surface area contributed by atoms with E-state index in [4.69, 9.17) is 4.74 Å². The minimum absolute atomic E-state index is 0.0483. The quantitative estimate of drug-likeness (QED) is 0.271. The second kappa shape index (κ2) is 13.0. The minimum Gasteiger partial charge on any atom is -0.489 e. The van der Waals surface area contributed by atoms with Gasteiger partial charge in [0, 0.05) is 55.9 Å². The number of para-hydroxylation sites is 1. The molecule has 2 N–H and O–H groups in total. The van der Waals surface area contributed by atoms with Crippen LogP contribution in [0.15, 0.2) is 83.8 Å². The zero-order valence-corrected chi connectivity index (χ0v) is 24.7. The standard InChI is InChI=1S/C32H36N4O5S/c1-23-7-9-25(10-8-23)21-35-15-17-36(18-16-35)31(32(37)38)20-33-42(39,40)28-13-11-27(12-14-28)41-22-26-19-24(2)34-30-6-4-3-5-29(26)30/h3-14,19,31,33H,15-18,20-22H2,1-2H3,(H,37,38)/t31-/m0/s1. The Hall–Kier alpha value is -3.83. The van der Waals surface area contributed by atoms with Crippen LogP contribution in [0.4, 0.5) is 0 Å². The van der Waals surface area contributed by atoms with Gasteiger partial charge >= 0.3 is 5.97 Å². The van der Waals surface area contributed by atoms with Crippen molar-refractivity contribution in [2.24, 2.45) is 0 Å². The van der Waals surface area contributed by atoms with Crippen molar-refractivity contribution in [2.75, 3.05) is 32.7 Å². The molecule has 0 spiro atoms. The van der Waals surface area contributed by atoms with Crippen LogP contribution in [-0.2, 0) is 28.0 Å². The maximum Gasteiger partial charge on any atom is 0.322 e. The summed E-state index contributed by atoms with van der Waals surface area (Å²) in [4.78, 5) is 20.8. The van der Waals surface area contributed by atoms with Crippen LogP contribution in [0.25, 0.3) is 10.9 Å². The van der Waals surface area contributed by atoms with Crippen LogP contribution in [0, 0.1) is 13.8 Å². The fourth-order valence-corrected chi connectivity index (χ4v) is 6.26. The van der Waals surface area contributed by atoms with Crippen molar-refractivity contribution >= 4 is 26.9 Å². The van der Waals surface area contributed by atoms with E-state index >= 15 is 0 Å². The highest BCUT2D eigenvalue weighted by atomic mass is 32.2. The molecular weight excluding hydrogens is 552 g/mol. The summed E-state index contributed by atoms with van der Waals surface area (Å²) < 4.78 is 34.5. The molecule has 1 atom stereocenters. The first-order valence-corrected chi connectivity index (χ1v) is 15.5. The Morgan fingerprint density at radius 3 is 2.36 bits per heavy atom. The SMILES string of the molecule is Cc1ccc(CN2CCN([C@@H](CNS(=O)(=O)c3ccc(OCc4cc(C)nc5ccccc45)cc3)C(=O)O)CC2)cc1. The van der Waals surface area contributed by atoms with Crippen molar-refractivity contribution < 1.29 is 23.1 Å². The van der Waals surface area contributed by atoms with E-state index in [0.29, 0.717) is 38.5 Å². The molecule has 42 heavy (non-hydrogen) atoms. The average molecular weight is 589 g/mol. The van der Waals surface area contributed by atoms with Gasteiger partial charge in [-0.1, -0.05) is 48.0 Å². The van der Waals surface area contributed by atoms with Crippen LogP contribution in [0.5, 0.6) is 5.75 Å². The number of carbonyl (C=O) groups is 1. The van der Waals surface area contributed by atoms with Crippen molar-refractivity contribution in [3.8, 4) is 5.75 Å². The van der Waals surface area contributed by atoms with Crippen LogP contribution in [0.3, 0.4) is 0 Å². The lowest BCUT2D eigenvalue weighted by molar-refractivity contribution is -0.143. The number of sulfonamides is 1. The third kappa shape index (κ3) is 7.32. The Morgan fingerprint density at radius 2 is 1.67 bits per heavy atom. The number of ether oxygens (including phenoxy) is 1. The lowest BCUT2D eigenvalue weighted by Crippen LogP contribution is -2.55. The first kappa shape index (κ1) is 29.7. The summed E-state index contributed by atoms with van der Waals surface area (Å²) in [5.74, 6) is -0.522. The molecule has 3 aromatic carbocycles. The zero-order valence-electron chi connectivity index (χ0n) is 23.9. The molecular formula is C32H36N4O5S. The molecule has 220 valence electrons. The van der Waals surface area contributed by atoms with E-state index in [1.807, 2.05) is 42.2 Å². The van der Waals surface area contributed by atoms with Gasteiger partial charge in [-0.05, 0) is 55.8 Å². The Morgan fingerprint density at radius 1 is 0.976 bits per heavy atom. The first-order chi connectivity index (χ1) is 20.2. The Kier molecular flexibility index (Phi) is 9.18. The fraction of sp³-hybridized carbons (Fsp3) is 0.312. The molecule has 10 heteroatoms. The molecule has 4 aromatic rings. The van der Waals surface area contributed by atoms with Gasteiger partial charge in [0.2, 0.25) is 10.0 Å². The molecule has 0 radical (unpaired) electrons. The van der Waals surface area contributed by atoms with Crippen molar-refractivity contribution in [3.05, 3.63) is 101 Å². The van der Waals surface area contributed by atoms with Gasteiger partial charge in [-0.15, -0.1) is 0 Å². The number of fused-ring (bicyclic) bond motifs is 1. The Balaban J connectivity index is 1.15. The molecule has 2 heterocycles. The second-order valence-corrected chi connectivity index (χ2v) is 12.5. The van der Waals surface area contributed by atoms with Crippen LogP contribution >= 0.6 is 0 Å². The maximum absolute atomic E-state index is 13.0. The highest BCUT2D eigenvalue weighted by Gasteiger charge is 2.30. The fourth-order valence-electron chi connectivity index (χ4n) is 5.22.